The standard InChI is InChI=1S/C16H26N4O.HI/c1-13-6-5-7-15(21)20(13)11-4-3-10-18-16(17-2)19-12-14-8-9-14;/h5-7,14H,3-4,8-12H2,1-2H3,(H2,17,18,19);1H. The fourth-order valence-corrected chi connectivity index (χ4v) is 2.30. The molecule has 2 rings (SSSR count). The van der Waals surface area contributed by atoms with Crippen LogP contribution in [0, 0.1) is 12.8 Å². The van der Waals surface area contributed by atoms with Crippen molar-refractivity contribution >= 4 is 29.9 Å². The van der Waals surface area contributed by atoms with Crippen molar-refractivity contribution in [2.45, 2.75) is 39.2 Å². The second kappa shape index (κ2) is 9.86. The number of guanidine groups is 1. The first-order valence-electron chi connectivity index (χ1n) is 7.81. The van der Waals surface area contributed by atoms with Crippen LogP contribution in [0.4, 0.5) is 0 Å². The summed E-state index contributed by atoms with van der Waals surface area (Å²) in [6.07, 6.45) is 4.69. The van der Waals surface area contributed by atoms with Crippen LogP contribution in [0.1, 0.15) is 31.4 Å². The van der Waals surface area contributed by atoms with Crippen molar-refractivity contribution in [2.75, 3.05) is 20.1 Å². The minimum Gasteiger partial charge on any atom is -0.356 e. The van der Waals surface area contributed by atoms with Crippen molar-refractivity contribution in [1.82, 2.24) is 15.2 Å². The SMILES string of the molecule is CN=C(NCCCCn1c(C)cccc1=O)NCC1CC1.I. The molecule has 1 aliphatic carbocycles. The number of rotatable bonds is 7. The molecule has 22 heavy (non-hydrogen) atoms. The summed E-state index contributed by atoms with van der Waals surface area (Å²) in [6, 6.07) is 5.41. The van der Waals surface area contributed by atoms with E-state index in [4.69, 9.17) is 0 Å². The molecule has 2 N–H and O–H groups in total. The Morgan fingerprint density at radius 2 is 2.09 bits per heavy atom. The first-order chi connectivity index (χ1) is 10.2. The maximum atomic E-state index is 11.7. The topological polar surface area (TPSA) is 58.4 Å². The lowest BCUT2D eigenvalue weighted by Gasteiger charge is -2.12. The van der Waals surface area contributed by atoms with Crippen LogP contribution in [0.2, 0.25) is 0 Å². The average molecular weight is 418 g/mol. The summed E-state index contributed by atoms with van der Waals surface area (Å²) in [7, 11) is 1.80. The van der Waals surface area contributed by atoms with Crippen molar-refractivity contribution in [3.8, 4) is 0 Å². The molecule has 0 spiro atoms. The third kappa shape index (κ3) is 6.37. The van der Waals surface area contributed by atoms with E-state index in [1.807, 2.05) is 23.6 Å². The summed E-state index contributed by atoms with van der Waals surface area (Å²) >= 11 is 0. The monoisotopic (exact) mass is 418 g/mol. The van der Waals surface area contributed by atoms with Crippen molar-refractivity contribution in [3.63, 3.8) is 0 Å². The third-order valence-electron chi connectivity index (χ3n) is 3.85. The van der Waals surface area contributed by atoms with Crippen LogP contribution >= 0.6 is 24.0 Å². The Bertz CT molecular complexity index is 537. The normalized spacial score (nSPS) is 14.4. The second-order valence-electron chi connectivity index (χ2n) is 5.69. The number of aliphatic imine (C=N–C) groups is 1. The lowest BCUT2D eigenvalue weighted by atomic mass is 10.3. The molecule has 0 bridgehead atoms. The molecule has 0 aliphatic heterocycles. The van der Waals surface area contributed by atoms with E-state index in [9.17, 15) is 4.79 Å². The molecule has 0 amide bonds. The van der Waals surface area contributed by atoms with Gasteiger partial charge in [0.1, 0.15) is 0 Å². The van der Waals surface area contributed by atoms with Gasteiger partial charge in [0, 0.05) is 38.4 Å². The van der Waals surface area contributed by atoms with Crippen LogP contribution in [-0.4, -0.2) is 30.7 Å². The maximum Gasteiger partial charge on any atom is 0.250 e. The Morgan fingerprint density at radius 1 is 1.32 bits per heavy atom. The second-order valence-corrected chi connectivity index (χ2v) is 5.69. The number of nitrogens with one attached hydrogen (secondary N) is 2. The van der Waals surface area contributed by atoms with Gasteiger partial charge in [0.25, 0.3) is 5.56 Å². The number of halogens is 1. The molecule has 1 fully saturated rings. The fraction of sp³-hybridized carbons (Fsp3) is 0.625. The molecular weight excluding hydrogens is 391 g/mol. The number of hydrogen-bond donors (Lipinski definition) is 2. The van der Waals surface area contributed by atoms with E-state index in [1.165, 1.54) is 12.8 Å². The Morgan fingerprint density at radius 3 is 2.73 bits per heavy atom. The van der Waals surface area contributed by atoms with Crippen LogP contribution in [0.15, 0.2) is 28.0 Å². The lowest BCUT2D eigenvalue weighted by Crippen LogP contribution is -2.38. The maximum absolute atomic E-state index is 11.7. The largest absolute Gasteiger partial charge is 0.356 e. The van der Waals surface area contributed by atoms with Crippen LogP contribution in [0.5, 0.6) is 0 Å². The highest BCUT2D eigenvalue weighted by Gasteiger charge is 2.20. The van der Waals surface area contributed by atoms with Gasteiger partial charge in [-0.2, -0.15) is 0 Å². The predicted octanol–water partition coefficient (Wildman–Crippen LogP) is 2.13. The van der Waals surface area contributed by atoms with E-state index < -0.39 is 0 Å². The summed E-state index contributed by atoms with van der Waals surface area (Å²) in [4.78, 5) is 15.9. The number of aromatic nitrogens is 1. The van der Waals surface area contributed by atoms with Crippen LogP contribution < -0.4 is 16.2 Å². The van der Waals surface area contributed by atoms with Gasteiger partial charge >= 0.3 is 0 Å². The van der Waals surface area contributed by atoms with Gasteiger partial charge in [-0.15, -0.1) is 24.0 Å². The molecule has 1 aliphatic rings. The van der Waals surface area contributed by atoms with Crippen molar-refractivity contribution in [1.29, 1.82) is 0 Å². The van der Waals surface area contributed by atoms with E-state index in [2.05, 4.69) is 15.6 Å². The zero-order valence-electron chi connectivity index (χ0n) is 13.5. The van der Waals surface area contributed by atoms with Crippen LogP contribution in [0.25, 0.3) is 0 Å². The number of aryl methyl sites for hydroxylation is 1. The minimum absolute atomic E-state index is 0. The van der Waals surface area contributed by atoms with E-state index in [1.54, 1.807) is 13.1 Å². The first kappa shape index (κ1) is 19.0. The van der Waals surface area contributed by atoms with E-state index in [0.717, 1.165) is 50.0 Å². The molecule has 0 unspecified atom stereocenters. The molecule has 1 heterocycles. The van der Waals surface area contributed by atoms with Gasteiger partial charge in [0.2, 0.25) is 0 Å². The molecule has 0 atom stereocenters. The molecule has 124 valence electrons. The van der Waals surface area contributed by atoms with Gasteiger partial charge in [-0.1, -0.05) is 6.07 Å². The molecule has 0 radical (unpaired) electrons. The molecule has 1 aromatic rings. The third-order valence-corrected chi connectivity index (χ3v) is 3.85. The molecule has 1 saturated carbocycles. The predicted molar refractivity (Wildman–Crippen MR) is 102 cm³/mol. The molecular formula is C16H27IN4O. The van der Waals surface area contributed by atoms with Crippen LogP contribution in [0.3, 0.4) is 0 Å². The van der Waals surface area contributed by atoms with E-state index in [-0.39, 0.29) is 29.5 Å². The summed E-state index contributed by atoms with van der Waals surface area (Å²) in [5.41, 5.74) is 1.11. The number of hydrogen-bond acceptors (Lipinski definition) is 2. The fourth-order valence-electron chi connectivity index (χ4n) is 2.30. The van der Waals surface area contributed by atoms with Gasteiger partial charge < -0.3 is 15.2 Å². The van der Waals surface area contributed by atoms with E-state index in [0.29, 0.717) is 0 Å². The molecule has 6 heteroatoms. The highest BCUT2D eigenvalue weighted by atomic mass is 127. The van der Waals surface area contributed by atoms with Gasteiger partial charge in [-0.05, 0) is 44.6 Å². The van der Waals surface area contributed by atoms with Gasteiger partial charge in [0.05, 0.1) is 0 Å². The molecule has 1 aromatic heterocycles. The average Bonchev–Trinajstić information content (AvgIpc) is 3.28. The van der Waals surface area contributed by atoms with Gasteiger partial charge in [-0.25, -0.2) is 0 Å². The zero-order chi connectivity index (χ0) is 15.1. The highest BCUT2D eigenvalue weighted by Crippen LogP contribution is 2.27. The van der Waals surface area contributed by atoms with Crippen molar-refractivity contribution in [3.05, 3.63) is 34.2 Å². The van der Waals surface area contributed by atoms with Crippen LogP contribution in [-0.2, 0) is 6.54 Å². The number of unbranched alkanes of at least 4 members (excludes halogenated alkanes) is 1. The molecule has 5 nitrogen and oxygen atoms in total. The van der Waals surface area contributed by atoms with Gasteiger partial charge in [0.15, 0.2) is 5.96 Å². The first-order valence-corrected chi connectivity index (χ1v) is 7.81. The molecule has 0 saturated heterocycles. The Hall–Kier alpha value is -1.05. The Balaban J connectivity index is 0.00000242. The van der Waals surface area contributed by atoms with Gasteiger partial charge in [-0.3, -0.25) is 9.79 Å². The summed E-state index contributed by atoms with van der Waals surface area (Å²) < 4.78 is 1.83. The minimum atomic E-state index is 0. The Labute approximate surface area is 149 Å². The highest BCUT2D eigenvalue weighted by molar-refractivity contribution is 14.0. The lowest BCUT2D eigenvalue weighted by molar-refractivity contribution is 0.574. The number of nitrogens with zero attached hydrogens (tertiary/aromatic N) is 2. The summed E-state index contributed by atoms with van der Waals surface area (Å²) in [6.45, 7) is 4.66. The Kier molecular flexibility index (Phi) is 8.52. The van der Waals surface area contributed by atoms with Crippen molar-refractivity contribution < 1.29 is 0 Å². The quantitative estimate of drug-likeness (QED) is 0.309. The smallest absolute Gasteiger partial charge is 0.250 e. The van der Waals surface area contributed by atoms with E-state index >= 15 is 0 Å². The summed E-state index contributed by atoms with van der Waals surface area (Å²) in [5, 5.41) is 6.66. The number of pyridine rings is 1. The molecule has 0 aromatic carbocycles. The summed E-state index contributed by atoms with van der Waals surface area (Å²) in [5.74, 6) is 1.73. The van der Waals surface area contributed by atoms with Crippen molar-refractivity contribution in [2.24, 2.45) is 10.9 Å². The zero-order valence-corrected chi connectivity index (χ0v) is 15.8.